The molecule has 0 aliphatic rings. The van der Waals surface area contributed by atoms with Crippen LogP contribution in [-0.4, -0.2) is 29.5 Å². The van der Waals surface area contributed by atoms with Crippen molar-refractivity contribution in [2.75, 3.05) is 25.0 Å². The Balaban J connectivity index is 2.53. The molecular formula is C10H20N4S. The third kappa shape index (κ3) is 3.76. The molecule has 0 radical (unpaired) electrons. The van der Waals surface area contributed by atoms with Gasteiger partial charge in [-0.25, -0.2) is 4.98 Å². The number of nitrogens with zero attached hydrogens (tertiary/aromatic N) is 3. The minimum Gasteiger partial charge on any atom is -0.350 e. The Labute approximate surface area is 95.7 Å². The number of aryl methyl sites for hydroxylation is 1. The van der Waals surface area contributed by atoms with Gasteiger partial charge in [0.25, 0.3) is 0 Å². The second-order valence-electron chi connectivity index (χ2n) is 3.96. The number of anilines is 1. The zero-order valence-electron chi connectivity index (χ0n) is 9.73. The SMILES string of the molecule is CCCc1nsc(N(C)CC(C)CN)n1. The standard InChI is InChI=1S/C10H20N4S/c1-4-5-9-12-10(15-13-9)14(3)7-8(2)6-11/h8H,4-7,11H2,1-3H3. The molecule has 0 spiro atoms. The Morgan fingerprint density at radius 3 is 2.87 bits per heavy atom. The van der Waals surface area contributed by atoms with Gasteiger partial charge in [0.15, 0.2) is 0 Å². The molecule has 0 saturated heterocycles. The lowest BCUT2D eigenvalue weighted by Crippen LogP contribution is -2.28. The summed E-state index contributed by atoms with van der Waals surface area (Å²) >= 11 is 1.47. The zero-order valence-corrected chi connectivity index (χ0v) is 10.5. The Bertz CT molecular complexity index is 287. The lowest BCUT2D eigenvalue weighted by molar-refractivity contribution is 0.589. The summed E-state index contributed by atoms with van der Waals surface area (Å²) in [6.07, 6.45) is 2.07. The lowest BCUT2D eigenvalue weighted by atomic mass is 10.2. The van der Waals surface area contributed by atoms with Crippen LogP contribution in [0.5, 0.6) is 0 Å². The summed E-state index contributed by atoms with van der Waals surface area (Å²) in [4.78, 5) is 6.61. The van der Waals surface area contributed by atoms with Gasteiger partial charge in [0, 0.05) is 31.5 Å². The van der Waals surface area contributed by atoms with Gasteiger partial charge in [0.2, 0.25) is 5.13 Å². The van der Waals surface area contributed by atoms with Gasteiger partial charge in [-0.05, 0) is 18.9 Å². The van der Waals surface area contributed by atoms with E-state index in [4.69, 9.17) is 5.73 Å². The molecule has 1 aromatic heterocycles. The van der Waals surface area contributed by atoms with E-state index in [0.29, 0.717) is 12.5 Å². The van der Waals surface area contributed by atoms with E-state index in [2.05, 4.69) is 28.1 Å². The van der Waals surface area contributed by atoms with Crippen LogP contribution in [-0.2, 0) is 6.42 Å². The maximum Gasteiger partial charge on any atom is 0.204 e. The van der Waals surface area contributed by atoms with Crippen molar-refractivity contribution in [3.05, 3.63) is 5.82 Å². The van der Waals surface area contributed by atoms with Crippen LogP contribution in [0.3, 0.4) is 0 Å². The van der Waals surface area contributed by atoms with Crippen molar-refractivity contribution in [2.45, 2.75) is 26.7 Å². The van der Waals surface area contributed by atoms with Gasteiger partial charge >= 0.3 is 0 Å². The Morgan fingerprint density at radius 1 is 1.53 bits per heavy atom. The van der Waals surface area contributed by atoms with Crippen molar-refractivity contribution in [1.82, 2.24) is 9.36 Å². The molecule has 0 amide bonds. The molecule has 0 aliphatic carbocycles. The molecule has 1 aromatic rings. The molecule has 0 fully saturated rings. The van der Waals surface area contributed by atoms with E-state index in [0.717, 1.165) is 30.3 Å². The van der Waals surface area contributed by atoms with Crippen LogP contribution in [0.25, 0.3) is 0 Å². The second-order valence-corrected chi connectivity index (χ2v) is 4.69. The highest BCUT2D eigenvalue weighted by molar-refractivity contribution is 7.09. The average molecular weight is 228 g/mol. The molecule has 5 heteroatoms. The summed E-state index contributed by atoms with van der Waals surface area (Å²) in [5.74, 6) is 1.46. The molecule has 0 aliphatic heterocycles. The van der Waals surface area contributed by atoms with Gasteiger partial charge < -0.3 is 10.6 Å². The molecule has 15 heavy (non-hydrogen) atoms. The molecule has 1 heterocycles. The summed E-state index contributed by atoms with van der Waals surface area (Å²) in [7, 11) is 2.04. The predicted octanol–water partition coefficient (Wildman–Crippen LogP) is 1.52. The summed E-state index contributed by atoms with van der Waals surface area (Å²) in [6.45, 7) is 5.94. The first-order valence-corrected chi connectivity index (χ1v) is 6.18. The van der Waals surface area contributed by atoms with E-state index >= 15 is 0 Å². The molecule has 0 saturated carbocycles. The molecule has 1 rings (SSSR count). The fraction of sp³-hybridized carbons (Fsp3) is 0.800. The highest BCUT2D eigenvalue weighted by atomic mass is 32.1. The highest BCUT2D eigenvalue weighted by Gasteiger charge is 2.10. The van der Waals surface area contributed by atoms with Crippen molar-refractivity contribution < 1.29 is 0 Å². The van der Waals surface area contributed by atoms with E-state index < -0.39 is 0 Å². The maximum atomic E-state index is 5.59. The predicted molar refractivity (Wildman–Crippen MR) is 65.4 cm³/mol. The smallest absolute Gasteiger partial charge is 0.204 e. The van der Waals surface area contributed by atoms with Crippen LogP contribution in [0, 0.1) is 5.92 Å². The molecule has 1 atom stereocenters. The fourth-order valence-electron chi connectivity index (χ4n) is 1.35. The van der Waals surface area contributed by atoms with Crippen LogP contribution in [0.4, 0.5) is 5.13 Å². The van der Waals surface area contributed by atoms with Crippen molar-refractivity contribution in [3.63, 3.8) is 0 Å². The third-order valence-corrected chi connectivity index (χ3v) is 3.11. The Morgan fingerprint density at radius 2 is 2.27 bits per heavy atom. The number of nitrogens with two attached hydrogens (primary N) is 1. The zero-order chi connectivity index (χ0) is 11.3. The van der Waals surface area contributed by atoms with Crippen molar-refractivity contribution in [3.8, 4) is 0 Å². The van der Waals surface area contributed by atoms with Gasteiger partial charge in [0.1, 0.15) is 5.82 Å². The number of hydrogen-bond acceptors (Lipinski definition) is 5. The minimum atomic E-state index is 0.494. The Kier molecular flexibility index (Phi) is 4.98. The first kappa shape index (κ1) is 12.4. The molecule has 4 nitrogen and oxygen atoms in total. The fourth-order valence-corrected chi connectivity index (χ4v) is 2.02. The molecule has 0 aromatic carbocycles. The summed E-state index contributed by atoms with van der Waals surface area (Å²) in [5.41, 5.74) is 5.59. The van der Waals surface area contributed by atoms with Crippen molar-refractivity contribution in [2.24, 2.45) is 11.7 Å². The normalized spacial score (nSPS) is 12.8. The van der Waals surface area contributed by atoms with Gasteiger partial charge in [-0.3, -0.25) is 0 Å². The third-order valence-electron chi connectivity index (χ3n) is 2.25. The topological polar surface area (TPSA) is 55.0 Å². The van der Waals surface area contributed by atoms with Crippen molar-refractivity contribution >= 4 is 16.7 Å². The van der Waals surface area contributed by atoms with E-state index in [1.165, 1.54) is 11.5 Å². The molecular weight excluding hydrogens is 208 g/mol. The first-order chi connectivity index (χ1) is 7.17. The quantitative estimate of drug-likeness (QED) is 0.802. The Hall–Kier alpha value is -0.680. The van der Waals surface area contributed by atoms with E-state index in [-0.39, 0.29) is 0 Å². The van der Waals surface area contributed by atoms with Crippen LogP contribution in [0.15, 0.2) is 0 Å². The van der Waals surface area contributed by atoms with Gasteiger partial charge in [0.05, 0.1) is 0 Å². The minimum absolute atomic E-state index is 0.494. The second kappa shape index (κ2) is 6.02. The van der Waals surface area contributed by atoms with E-state index in [9.17, 15) is 0 Å². The van der Waals surface area contributed by atoms with Crippen LogP contribution < -0.4 is 10.6 Å². The first-order valence-electron chi connectivity index (χ1n) is 5.41. The van der Waals surface area contributed by atoms with Crippen molar-refractivity contribution in [1.29, 1.82) is 0 Å². The number of aromatic nitrogens is 2. The molecule has 0 bridgehead atoms. The molecule has 1 unspecified atom stereocenters. The maximum absolute atomic E-state index is 5.59. The van der Waals surface area contributed by atoms with Crippen LogP contribution in [0.1, 0.15) is 26.1 Å². The summed E-state index contributed by atoms with van der Waals surface area (Å²) in [5, 5.41) is 0.999. The molecule has 2 N–H and O–H groups in total. The summed E-state index contributed by atoms with van der Waals surface area (Å²) < 4.78 is 4.32. The summed E-state index contributed by atoms with van der Waals surface area (Å²) in [6, 6.07) is 0. The van der Waals surface area contributed by atoms with Gasteiger partial charge in [-0.1, -0.05) is 13.8 Å². The van der Waals surface area contributed by atoms with E-state index in [1.54, 1.807) is 0 Å². The molecule has 86 valence electrons. The number of hydrogen-bond donors (Lipinski definition) is 1. The van der Waals surface area contributed by atoms with Gasteiger partial charge in [-0.15, -0.1) is 0 Å². The highest BCUT2D eigenvalue weighted by Crippen LogP contribution is 2.17. The van der Waals surface area contributed by atoms with Crippen LogP contribution >= 0.6 is 11.5 Å². The monoisotopic (exact) mass is 228 g/mol. The average Bonchev–Trinajstić information content (AvgIpc) is 2.67. The van der Waals surface area contributed by atoms with Crippen LogP contribution in [0.2, 0.25) is 0 Å². The van der Waals surface area contributed by atoms with Gasteiger partial charge in [-0.2, -0.15) is 4.37 Å². The van der Waals surface area contributed by atoms with E-state index in [1.807, 2.05) is 7.05 Å². The lowest BCUT2D eigenvalue weighted by Gasteiger charge is -2.18. The largest absolute Gasteiger partial charge is 0.350 e. The number of rotatable bonds is 6.